The summed E-state index contributed by atoms with van der Waals surface area (Å²) in [5.74, 6) is -0.214. The van der Waals surface area contributed by atoms with Crippen LogP contribution < -0.4 is 5.32 Å². The molecule has 24 heavy (non-hydrogen) atoms. The fraction of sp³-hybridized carbons (Fsp3) is 0.267. The molecular weight excluding hydrogens is 328 g/mol. The van der Waals surface area contributed by atoms with E-state index in [1.807, 2.05) is 25.1 Å². The average molecular weight is 344 g/mol. The zero-order valence-corrected chi connectivity index (χ0v) is 13.8. The van der Waals surface area contributed by atoms with Crippen molar-refractivity contribution < 1.29 is 9.90 Å². The van der Waals surface area contributed by atoms with Crippen molar-refractivity contribution in [3.05, 3.63) is 57.8 Å². The number of amides is 1. The number of aromatic nitrogens is 5. The lowest BCUT2D eigenvalue weighted by Gasteiger charge is -2.06. The van der Waals surface area contributed by atoms with Crippen molar-refractivity contribution in [3.63, 3.8) is 0 Å². The predicted octanol–water partition coefficient (Wildman–Crippen LogP) is 0.836. The van der Waals surface area contributed by atoms with E-state index in [2.05, 4.69) is 25.8 Å². The van der Waals surface area contributed by atoms with Gasteiger partial charge in [0, 0.05) is 0 Å². The zero-order valence-electron chi connectivity index (χ0n) is 13.0. The van der Waals surface area contributed by atoms with Gasteiger partial charge in [0.05, 0.1) is 12.7 Å². The number of hydrogen-bond acceptors (Lipinski definition) is 7. The van der Waals surface area contributed by atoms with Crippen molar-refractivity contribution >= 4 is 17.2 Å². The Morgan fingerprint density at radius 1 is 1.29 bits per heavy atom. The van der Waals surface area contributed by atoms with Gasteiger partial charge >= 0.3 is 0 Å². The van der Waals surface area contributed by atoms with E-state index in [0.29, 0.717) is 12.2 Å². The van der Waals surface area contributed by atoms with Gasteiger partial charge in [0.15, 0.2) is 0 Å². The number of aryl methyl sites for hydroxylation is 1. The molecule has 0 saturated heterocycles. The highest BCUT2D eigenvalue weighted by Crippen LogP contribution is 2.18. The monoisotopic (exact) mass is 344 g/mol. The molecule has 9 heteroatoms. The lowest BCUT2D eigenvalue weighted by atomic mass is 10.1. The van der Waals surface area contributed by atoms with Crippen LogP contribution in [0.5, 0.6) is 0 Å². The van der Waals surface area contributed by atoms with Crippen molar-refractivity contribution in [2.24, 2.45) is 0 Å². The fourth-order valence-electron chi connectivity index (χ4n) is 2.11. The fourth-order valence-corrected chi connectivity index (χ4v) is 2.76. The molecule has 0 saturated carbocycles. The molecule has 0 aliphatic heterocycles. The van der Waals surface area contributed by atoms with Crippen molar-refractivity contribution in [1.29, 1.82) is 0 Å². The summed E-state index contributed by atoms with van der Waals surface area (Å²) >= 11 is 1.44. The van der Waals surface area contributed by atoms with Gasteiger partial charge in [0.2, 0.25) is 5.91 Å². The van der Waals surface area contributed by atoms with E-state index in [1.54, 1.807) is 18.3 Å². The van der Waals surface area contributed by atoms with Crippen molar-refractivity contribution in [2.45, 2.75) is 26.1 Å². The van der Waals surface area contributed by atoms with Crippen LogP contribution in [0.25, 0.3) is 0 Å². The second-order valence-corrected chi connectivity index (χ2v) is 6.41. The SMILES string of the molecule is Cc1nnc(CNC(=O)Cn2cc([C@H](O)c3ccccc3)nn2)s1. The summed E-state index contributed by atoms with van der Waals surface area (Å²) in [5, 5.41) is 30.3. The van der Waals surface area contributed by atoms with E-state index >= 15 is 0 Å². The Hall–Kier alpha value is -2.65. The molecule has 1 atom stereocenters. The van der Waals surface area contributed by atoms with Gasteiger partial charge in [0.1, 0.15) is 28.4 Å². The minimum atomic E-state index is -0.868. The van der Waals surface area contributed by atoms with Gasteiger partial charge in [-0.3, -0.25) is 4.79 Å². The molecule has 0 bridgehead atoms. The van der Waals surface area contributed by atoms with E-state index in [-0.39, 0.29) is 12.5 Å². The minimum Gasteiger partial charge on any atom is -0.382 e. The maximum absolute atomic E-state index is 11.9. The summed E-state index contributed by atoms with van der Waals surface area (Å²) in [4.78, 5) is 11.9. The van der Waals surface area contributed by atoms with E-state index in [1.165, 1.54) is 16.0 Å². The third kappa shape index (κ3) is 4.00. The van der Waals surface area contributed by atoms with E-state index in [0.717, 1.165) is 15.6 Å². The summed E-state index contributed by atoms with van der Waals surface area (Å²) in [6.45, 7) is 2.21. The van der Waals surface area contributed by atoms with Crippen molar-refractivity contribution in [2.75, 3.05) is 0 Å². The van der Waals surface area contributed by atoms with Crippen LogP contribution in [-0.2, 0) is 17.9 Å². The Morgan fingerprint density at radius 3 is 2.79 bits per heavy atom. The summed E-state index contributed by atoms with van der Waals surface area (Å²) in [6, 6.07) is 9.16. The Kier molecular flexibility index (Phi) is 4.92. The number of hydrogen-bond donors (Lipinski definition) is 2. The maximum atomic E-state index is 11.9. The summed E-state index contributed by atoms with van der Waals surface area (Å²) < 4.78 is 1.39. The van der Waals surface area contributed by atoms with Crippen LogP contribution in [0.3, 0.4) is 0 Å². The molecule has 3 rings (SSSR count). The molecule has 0 fully saturated rings. The van der Waals surface area contributed by atoms with Crippen LogP contribution in [0, 0.1) is 6.92 Å². The number of aliphatic hydroxyl groups excluding tert-OH is 1. The molecule has 1 amide bonds. The lowest BCUT2D eigenvalue weighted by molar-refractivity contribution is -0.122. The molecule has 0 aliphatic carbocycles. The Balaban J connectivity index is 1.56. The number of carbonyl (C=O) groups excluding carboxylic acids is 1. The van der Waals surface area contributed by atoms with Gasteiger partial charge in [-0.1, -0.05) is 46.9 Å². The molecule has 8 nitrogen and oxygen atoms in total. The highest BCUT2D eigenvalue weighted by molar-refractivity contribution is 7.11. The Bertz CT molecular complexity index is 816. The maximum Gasteiger partial charge on any atom is 0.242 e. The predicted molar refractivity (Wildman–Crippen MR) is 87.0 cm³/mol. The van der Waals surface area contributed by atoms with Crippen molar-refractivity contribution in [3.8, 4) is 0 Å². The molecule has 0 spiro atoms. The van der Waals surface area contributed by atoms with Crippen LogP contribution in [0.1, 0.15) is 27.4 Å². The van der Waals surface area contributed by atoms with Gasteiger partial charge in [-0.2, -0.15) is 0 Å². The molecule has 0 aliphatic rings. The first-order chi connectivity index (χ1) is 11.6. The van der Waals surface area contributed by atoms with Gasteiger partial charge in [0.25, 0.3) is 0 Å². The molecule has 0 unspecified atom stereocenters. The summed E-state index contributed by atoms with van der Waals surface area (Å²) in [5.41, 5.74) is 1.12. The molecular formula is C15H16N6O2S. The molecule has 2 heterocycles. The molecule has 3 aromatic rings. The average Bonchev–Trinajstić information content (AvgIpc) is 3.22. The quantitative estimate of drug-likeness (QED) is 0.686. The second kappa shape index (κ2) is 7.28. The smallest absolute Gasteiger partial charge is 0.242 e. The van der Waals surface area contributed by atoms with Crippen molar-refractivity contribution in [1.82, 2.24) is 30.5 Å². The summed E-state index contributed by atoms with van der Waals surface area (Å²) in [6.07, 6.45) is 0.694. The number of nitrogens with one attached hydrogen (secondary N) is 1. The van der Waals surface area contributed by atoms with Crippen LogP contribution in [0.4, 0.5) is 0 Å². The van der Waals surface area contributed by atoms with Gasteiger partial charge in [-0.25, -0.2) is 4.68 Å². The number of carbonyl (C=O) groups is 1. The first-order valence-corrected chi connectivity index (χ1v) is 8.12. The van der Waals surface area contributed by atoms with Crippen LogP contribution in [0.2, 0.25) is 0 Å². The Morgan fingerprint density at radius 2 is 2.08 bits per heavy atom. The van der Waals surface area contributed by atoms with Gasteiger partial charge in [-0.15, -0.1) is 15.3 Å². The van der Waals surface area contributed by atoms with Crippen LogP contribution in [-0.4, -0.2) is 36.2 Å². The van der Waals surface area contributed by atoms with E-state index in [4.69, 9.17) is 0 Å². The second-order valence-electron chi connectivity index (χ2n) is 5.15. The highest BCUT2D eigenvalue weighted by Gasteiger charge is 2.15. The topological polar surface area (TPSA) is 106 Å². The largest absolute Gasteiger partial charge is 0.382 e. The highest BCUT2D eigenvalue weighted by atomic mass is 32.1. The standard InChI is InChI=1S/C15H16N6O2S/c1-10-17-19-14(24-10)7-16-13(22)9-21-8-12(18-20-21)15(23)11-5-3-2-4-6-11/h2-6,8,15,23H,7,9H2,1H3,(H,16,22)/t15-/m1/s1. The van der Waals surface area contributed by atoms with Gasteiger partial charge < -0.3 is 10.4 Å². The minimum absolute atomic E-state index is 0.0201. The normalized spacial score (nSPS) is 12.1. The van der Waals surface area contributed by atoms with E-state index in [9.17, 15) is 9.90 Å². The summed E-state index contributed by atoms with van der Waals surface area (Å²) in [7, 11) is 0. The number of nitrogens with zero attached hydrogens (tertiary/aromatic N) is 5. The number of aliphatic hydroxyl groups is 1. The molecule has 2 N–H and O–H groups in total. The molecule has 2 aromatic heterocycles. The Labute approximate surface area is 142 Å². The molecule has 124 valence electrons. The molecule has 0 radical (unpaired) electrons. The van der Waals surface area contributed by atoms with Gasteiger partial charge in [-0.05, 0) is 12.5 Å². The first-order valence-electron chi connectivity index (χ1n) is 7.30. The number of benzene rings is 1. The first kappa shape index (κ1) is 16.2. The van der Waals surface area contributed by atoms with Crippen LogP contribution in [0.15, 0.2) is 36.5 Å². The lowest BCUT2D eigenvalue weighted by Crippen LogP contribution is -2.27. The van der Waals surface area contributed by atoms with Crippen LogP contribution >= 0.6 is 11.3 Å². The van der Waals surface area contributed by atoms with E-state index < -0.39 is 6.10 Å². The zero-order chi connectivity index (χ0) is 16.9. The third-order valence-electron chi connectivity index (χ3n) is 3.26. The molecule has 1 aromatic carbocycles. The third-order valence-corrected chi connectivity index (χ3v) is 4.10. The number of rotatable bonds is 6.